The monoisotopic (exact) mass is 388 g/mol. The second kappa shape index (κ2) is 7.46. The summed E-state index contributed by atoms with van der Waals surface area (Å²) in [6.07, 6.45) is 6.49. The number of thioether (sulfide) groups is 1. The van der Waals surface area contributed by atoms with Gasteiger partial charge < -0.3 is 0 Å². The second-order valence-corrected chi connectivity index (χ2v) is 8.40. The molecule has 2 fully saturated rings. The molecule has 3 aliphatic rings. The zero-order chi connectivity index (χ0) is 19.0. The number of hydrogen-bond donors (Lipinski definition) is 1. The zero-order valence-corrected chi connectivity index (χ0v) is 15.9. The predicted molar refractivity (Wildman–Crippen MR) is 104 cm³/mol. The van der Waals surface area contributed by atoms with Gasteiger partial charge in [-0.15, -0.1) is 0 Å². The number of benzene rings is 1. The van der Waals surface area contributed by atoms with E-state index in [0.717, 1.165) is 30.6 Å². The van der Waals surface area contributed by atoms with Gasteiger partial charge in [-0.1, -0.05) is 25.0 Å². The van der Waals surface area contributed by atoms with E-state index in [2.05, 4.69) is 4.58 Å². The lowest BCUT2D eigenvalue weighted by Crippen LogP contribution is -2.36. The van der Waals surface area contributed by atoms with Crippen LogP contribution in [0, 0.1) is 17.7 Å². The molecule has 5 nitrogen and oxygen atoms in total. The summed E-state index contributed by atoms with van der Waals surface area (Å²) >= 11 is 0.932. The van der Waals surface area contributed by atoms with Crippen molar-refractivity contribution in [3.63, 3.8) is 0 Å². The first kappa shape index (κ1) is 18.2. The normalized spacial score (nSPS) is 27.0. The minimum absolute atomic E-state index is 0.261. The molecule has 1 saturated carbocycles. The Morgan fingerprint density at radius 2 is 1.96 bits per heavy atom. The predicted octanol–water partition coefficient (Wildman–Crippen LogP) is 3.05. The van der Waals surface area contributed by atoms with E-state index >= 15 is 0 Å². The molecule has 0 aromatic heterocycles. The average Bonchev–Trinajstić information content (AvgIpc) is 3.12. The number of carbonyl (C=O) groups excluding carboxylic acids is 2. The molecule has 1 aromatic rings. The SMILES string of the molecule is NC1=[N+](CCN2C(=O)S/C(=C\c3ccc(F)cc3)C2=O)C[C@H]2CCCC[C@H]12. The van der Waals surface area contributed by atoms with E-state index in [0.29, 0.717) is 35.4 Å². The molecule has 0 radical (unpaired) electrons. The van der Waals surface area contributed by atoms with Crippen LogP contribution in [-0.4, -0.2) is 46.1 Å². The Morgan fingerprint density at radius 1 is 1.22 bits per heavy atom. The Labute approximate surface area is 162 Å². The van der Waals surface area contributed by atoms with Crippen LogP contribution in [0.5, 0.6) is 0 Å². The highest BCUT2D eigenvalue weighted by Crippen LogP contribution is 2.35. The van der Waals surface area contributed by atoms with E-state index in [4.69, 9.17) is 5.73 Å². The molecular formula is C20H23FN3O2S+. The van der Waals surface area contributed by atoms with Crippen molar-refractivity contribution in [1.29, 1.82) is 0 Å². The van der Waals surface area contributed by atoms with Gasteiger partial charge in [-0.05, 0) is 48.4 Å². The van der Waals surface area contributed by atoms with Gasteiger partial charge in [-0.2, -0.15) is 0 Å². The van der Waals surface area contributed by atoms with Crippen LogP contribution in [0.2, 0.25) is 0 Å². The highest BCUT2D eigenvalue weighted by Gasteiger charge is 2.41. The Morgan fingerprint density at radius 3 is 2.70 bits per heavy atom. The number of imide groups is 1. The van der Waals surface area contributed by atoms with Gasteiger partial charge in [0.15, 0.2) is 0 Å². The molecule has 142 valence electrons. The summed E-state index contributed by atoms with van der Waals surface area (Å²) in [5.41, 5.74) is 7.03. The first-order chi connectivity index (χ1) is 13.0. The van der Waals surface area contributed by atoms with E-state index in [1.165, 1.54) is 36.3 Å². The molecule has 2 N–H and O–H groups in total. The summed E-state index contributed by atoms with van der Waals surface area (Å²) in [6.45, 7) is 1.85. The maximum Gasteiger partial charge on any atom is 0.293 e. The number of fused-ring (bicyclic) bond motifs is 1. The van der Waals surface area contributed by atoms with Crippen molar-refractivity contribution in [2.45, 2.75) is 25.7 Å². The van der Waals surface area contributed by atoms with Gasteiger partial charge in [0.05, 0.1) is 23.9 Å². The van der Waals surface area contributed by atoms with Crippen LogP contribution in [0.25, 0.3) is 6.08 Å². The average molecular weight is 388 g/mol. The number of rotatable bonds is 4. The quantitative estimate of drug-likeness (QED) is 0.636. The van der Waals surface area contributed by atoms with Gasteiger partial charge in [0, 0.05) is 5.92 Å². The summed E-state index contributed by atoms with van der Waals surface area (Å²) in [4.78, 5) is 26.6. The second-order valence-electron chi connectivity index (χ2n) is 7.41. The number of nitrogens with zero attached hydrogens (tertiary/aromatic N) is 2. The van der Waals surface area contributed by atoms with Crippen molar-refractivity contribution < 1.29 is 18.6 Å². The number of amides is 2. The van der Waals surface area contributed by atoms with Gasteiger partial charge >= 0.3 is 0 Å². The molecule has 4 rings (SSSR count). The van der Waals surface area contributed by atoms with Crippen molar-refractivity contribution in [3.05, 3.63) is 40.6 Å². The Kier molecular flexibility index (Phi) is 5.04. The maximum atomic E-state index is 13.0. The van der Waals surface area contributed by atoms with Gasteiger partial charge in [-0.3, -0.25) is 24.8 Å². The lowest BCUT2D eigenvalue weighted by molar-refractivity contribution is -0.525. The summed E-state index contributed by atoms with van der Waals surface area (Å²) in [5, 5.41) is -0.261. The molecule has 2 atom stereocenters. The van der Waals surface area contributed by atoms with E-state index < -0.39 is 0 Å². The smallest absolute Gasteiger partial charge is 0.291 e. The first-order valence-electron chi connectivity index (χ1n) is 9.41. The van der Waals surface area contributed by atoms with Crippen LogP contribution in [0.4, 0.5) is 9.18 Å². The minimum atomic E-state index is -0.333. The molecule has 0 bridgehead atoms. The number of carbonyl (C=O) groups is 2. The fraction of sp³-hybridized carbons (Fsp3) is 0.450. The summed E-state index contributed by atoms with van der Waals surface area (Å²) < 4.78 is 15.2. The van der Waals surface area contributed by atoms with Crippen LogP contribution < -0.4 is 5.73 Å². The molecule has 2 amide bonds. The lowest BCUT2D eigenvalue weighted by Gasteiger charge is -2.21. The third-order valence-electron chi connectivity index (χ3n) is 5.74. The third kappa shape index (κ3) is 3.65. The van der Waals surface area contributed by atoms with Crippen LogP contribution in [0.15, 0.2) is 29.2 Å². The minimum Gasteiger partial charge on any atom is -0.291 e. The topological polar surface area (TPSA) is 66.4 Å². The van der Waals surface area contributed by atoms with Gasteiger partial charge in [0.1, 0.15) is 12.4 Å². The fourth-order valence-corrected chi connectivity index (χ4v) is 5.15. The molecular weight excluding hydrogens is 365 g/mol. The molecule has 27 heavy (non-hydrogen) atoms. The number of nitrogens with two attached hydrogens (primary N) is 1. The Bertz CT molecular complexity index is 834. The van der Waals surface area contributed by atoms with Crippen LogP contribution >= 0.6 is 11.8 Å². The fourth-order valence-electron chi connectivity index (χ4n) is 4.28. The zero-order valence-electron chi connectivity index (χ0n) is 15.1. The highest BCUT2D eigenvalue weighted by molar-refractivity contribution is 8.18. The molecule has 1 aliphatic carbocycles. The van der Waals surface area contributed by atoms with Crippen LogP contribution in [0.3, 0.4) is 0 Å². The molecule has 2 heterocycles. The first-order valence-corrected chi connectivity index (χ1v) is 10.2. The van der Waals surface area contributed by atoms with Crippen molar-refractivity contribution in [3.8, 4) is 0 Å². The van der Waals surface area contributed by atoms with E-state index in [9.17, 15) is 14.0 Å². The molecule has 1 aromatic carbocycles. The molecule has 7 heteroatoms. The van der Waals surface area contributed by atoms with Gasteiger partial charge in [0.2, 0.25) is 5.84 Å². The lowest BCUT2D eigenvalue weighted by atomic mass is 9.80. The van der Waals surface area contributed by atoms with Crippen molar-refractivity contribution >= 4 is 34.8 Å². The van der Waals surface area contributed by atoms with Crippen molar-refractivity contribution in [1.82, 2.24) is 4.90 Å². The summed E-state index contributed by atoms with van der Waals surface area (Å²) in [5.74, 6) is 1.39. The summed E-state index contributed by atoms with van der Waals surface area (Å²) in [7, 11) is 0. The highest BCUT2D eigenvalue weighted by atomic mass is 32.2. The van der Waals surface area contributed by atoms with Crippen LogP contribution in [-0.2, 0) is 4.79 Å². The van der Waals surface area contributed by atoms with E-state index in [1.807, 2.05) is 0 Å². The number of hydrogen-bond acceptors (Lipinski definition) is 4. The molecule has 0 spiro atoms. The molecule has 2 aliphatic heterocycles. The maximum absolute atomic E-state index is 13.0. The Balaban J connectivity index is 1.42. The molecule has 0 unspecified atom stereocenters. The number of amidine groups is 1. The van der Waals surface area contributed by atoms with Crippen molar-refractivity contribution in [2.75, 3.05) is 19.6 Å². The van der Waals surface area contributed by atoms with Gasteiger partial charge in [-0.25, -0.2) is 4.39 Å². The van der Waals surface area contributed by atoms with E-state index in [-0.39, 0.29) is 17.0 Å². The molecule has 1 saturated heterocycles. The summed E-state index contributed by atoms with van der Waals surface area (Å²) in [6, 6.07) is 5.85. The Hall–Kier alpha value is -2.15. The van der Waals surface area contributed by atoms with Crippen molar-refractivity contribution in [2.24, 2.45) is 17.6 Å². The number of halogens is 1. The standard InChI is InChI=1S/C20H22FN3O2S/c21-15-7-5-13(6-8-15)11-17-19(25)24(20(26)27-17)10-9-23-12-14-3-1-2-4-16(14)18(23)22/h5-8,11,14,16,22H,1-4,9-10,12H2/p+1/b17-11-/t14-,16+/m1/s1. The third-order valence-corrected chi connectivity index (χ3v) is 6.65. The largest absolute Gasteiger partial charge is 0.293 e. The van der Waals surface area contributed by atoms with E-state index in [1.54, 1.807) is 18.2 Å². The van der Waals surface area contributed by atoms with Crippen LogP contribution in [0.1, 0.15) is 31.2 Å². The van der Waals surface area contributed by atoms with Gasteiger partial charge in [0.25, 0.3) is 11.1 Å².